The van der Waals surface area contributed by atoms with Crippen molar-refractivity contribution in [3.63, 3.8) is 0 Å². The van der Waals surface area contributed by atoms with Crippen LogP contribution in [0.4, 0.5) is 0 Å². The molecule has 1 rings (SSSR count). The molecule has 4 heteroatoms. The first-order chi connectivity index (χ1) is 12.9. The second-order valence-corrected chi connectivity index (χ2v) is 8.12. The van der Waals surface area contributed by atoms with Gasteiger partial charge in [0, 0.05) is 6.42 Å². The first kappa shape index (κ1) is 26.6. The molecule has 28 heavy (non-hydrogen) atoms. The summed E-state index contributed by atoms with van der Waals surface area (Å²) in [6.45, 7) is 5.98. The van der Waals surface area contributed by atoms with E-state index in [4.69, 9.17) is 14.9 Å². The summed E-state index contributed by atoms with van der Waals surface area (Å²) in [6, 6.07) is 0. The average Bonchev–Trinajstić information content (AvgIpc) is 2.89. The standard InChI is InChI=1S/C23H38O4.CH4/c1-4-5-6-7-8-9-10-11-12-13-14-15-16-17-18-22(2)20-23(3,27-26-22)19-21(24)25;/h5-10H,4,11-20H2,1-3H3,(H,24,25);1H4/b6-5+,8-7+,10-9+;/t22-,23-;/m1./s1. The van der Waals surface area contributed by atoms with Crippen molar-refractivity contribution in [1.82, 2.24) is 0 Å². The maximum atomic E-state index is 10.9. The molecule has 1 saturated heterocycles. The number of aliphatic carboxylic acids is 1. The summed E-state index contributed by atoms with van der Waals surface area (Å²) >= 11 is 0. The summed E-state index contributed by atoms with van der Waals surface area (Å²) in [5.74, 6) is -0.843. The van der Waals surface area contributed by atoms with Crippen LogP contribution in [0.15, 0.2) is 36.5 Å². The Hall–Kier alpha value is -1.39. The van der Waals surface area contributed by atoms with Crippen molar-refractivity contribution in [2.75, 3.05) is 0 Å². The van der Waals surface area contributed by atoms with Crippen molar-refractivity contribution in [2.45, 2.75) is 110 Å². The highest BCUT2D eigenvalue weighted by Crippen LogP contribution is 2.40. The van der Waals surface area contributed by atoms with E-state index >= 15 is 0 Å². The molecule has 2 atom stereocenters. The topological polar surface area (TPSA) is 55.8 Å². The first-order valence-corrected chi connectivity index (χ1v) is 10.5. The number of unbranched alkanes of at least 4 members (excludes halogenated alkanes) is 6. The minimum Gasteiger partial charge on any atom is -0.481 e. The van der Waals surface area contributed by atoms with Crippen LogP contribution in [-0.2, 0) is 14.6 Å². The van der Waals surface area contributed by atoms with Gasteiger partial charge in [-0.2, -0.15) is 0 Å². The van der Waals surface area contributed by atoms with E-state index in [0.717, 1.165) is 25.7 Å². The molecule has 0 aromatic rings. The minimum absolute atomic E-state index is 0. The summed E-state index contributed by atoms with van der Waals surface area (Å²) in [6.07, 6.45) is 23.9. The minimum atomic E-state index is -0.843. The SMILES string of the molecule is C.CC/C=C/C=C/C=C/CCCCCCCC[C@]1(C)C[C@@](C)(CC(=O)O)OO1. The molecule has 1 N–H and O–H groups in total. The van der Waals surface area contributed by atoms with Gasteiger partial charge in [-0.3, -0.25) is 4.79 Å². The molecule has 162 valence electrons. The maximum absolute atomic E-state index is 10.9. The predicted molar refractivity (Wildman–Crippen MR) is 117 cm³/mol. The molecule has 0 radical (unpaired) electrons. The zero-order valence-electron chi connectivity index (χ0n) is 17.4. The van der Waals surface area contributed by atoms with Crippen molar-refractivity contribution >= 4 is 5.97 Å². The summed E-state index contributed by atoms with van der Waals surface area (Å²) in [5.41, 5.74) is -1.05. The van der Waals surface area contributed by atoms with Crippen LogP contribution < -0.4 is 0 Å². The summed E-state index contributed by atoms with van der Waals surface area (Å²) in [4.78, 5) is 21.8. The molecule has 4 nitrogen and oxygen atoms in total. The van der Waals surface area contributed by atoms with Crippen LogP contribution in [0.5, 0.6) is 0 Å². The molecule has 1 aliphatic rings. The van der Waals surface area contributed by atoms with E-state index in [1.807, 2.05) is 13.8 Å². The van der Waals surface area contributed by atoms with E-state index in [-0.39, 0.29) is 19.4 Å². The highest BCUT2D eigenvalue weighted by atomic mass is 17.2. The van der Waals surface area contributed by atoms with E-state index in [2.05, 4.69) is 43.4 Å². The van der Waals surface area contributed by atoms with Crippen molar-refractivity contribution in [3.8, 4) is 0 Å². The Morgan fingerprint density at radius 1 is 0.893 bits per heavy atom. The fraction of sp³-hybridized carbons (Fsp3) is 0.708. The maximum Gasteiger partial charge on any atom is 0.306 e. The van der Waals surface area contributed by atoms with Crippen molar-refractivity contribution in [1.29, 1.82) is 0 Å². The number of carboxylic acids is 1. The van der Waals surface area contributed by atoms with Gasteiger partial charge in [-0.25, -0.2) is 9.78 Å². The van der Waals surface area contributed by atoms with Gasteiger partial charge >= 0.3 is 5.97 Å². The lowest BCUT2D eigenvalue weighted by molar-refractivity contribution is -0.345. The summed E-state index contributed by atoms with van der Waals surface area (Å²) in [7, 11) is 0. The van der Waals surface area contributed by atoms with Gasteiger partial charge in [0.25, 0.3) is 0 Å². The van der Waals surface area contributed by atoms with Gasteiger partial charge in [0.2, 0.25) is 0 Å². The smallest absolute Gasteiger partial charge is 0.306 e. The van der Waals surface area contributed by atoms with E-state index < -0.39 is 11.6 Å². The zero-order chi connectivity index (χ0) is 20.0. The van der Waals surface area contributed by atoms with Crippen LogP contribution in [0.2, 0.25) is 0 Å². The van der Waals surface area contributed by atoms with Crippen molar-refractivity contribution < 1.29 is 19.7 Å². The Kier molecular flexibility index (Phi) is 13.9. The van der Waals surface area contributed by atoms with Crippen molar-refractivity contribution in [2.24, 2.45) is 0 Å². The fourth-order valence-corrected chi connectivity index (χ4v) is 3.58. The van der Waals surface area contributed by atoms with Gasteiger partial charge in [-0.05, 0) is 39.5 Å². The molecule has 1 heterocycles. The third-order valence-corrected chi connectivity index (χ3v) is 4.88. The molecular weight excluding hydrogens is 352 g/mol. The van der Waals surface area contributed by atoms with E-state index in [0.29, 0.717) is 6.42 Å². The van der Waals surface area contributed by atoms with Crippen LogP contribution in [0.1, 0.15) is 98.8 Å². The summed E-state index contributed by atoms with van der Waals surface area (Å²) in [5, 5.41) is 8.97. The summed E-state index contributed by atoms with van der Waals surface area (Å²) < 4.78 is 0. The van der Waals surface area contributed by atoms with Gasteiger partial charge in [-0.1, -0.05) is 82.9 Å². The van der Waals surface area contributed by atoms with Crippen molar-refractivity contribution in [3.05, 3.63) is 36.5 Å². The fourth-order valence-electron chi connectivity index (χ4n) is 3.58. The Morgan fingerprint density at radius 2 is 1.46 bits per heavy atom. The Morgan fingerprint density at radius 3 is 2.11 bits per heavy atom. The molecule has 0 aromatic carbocycles. The lowest BCUT2D eigenvalue weighted by atomic mass is 9.85. The monoisotopic (exact) mass is 394 g/mol. The third kappa shape index (κ3) is 12.1. The lowest BCUT2D eigenvalue weighted by Gasteiger charge is -2.21. The zero-order valence-corrected chi connectivity index (χ0v) is 17.4. The highest BCUT2D eigenvalue weighted by molar-refractivity contribution is 5.68. The van der Waals surface area contributed by atoms with Gasteiger partial charge < -0.3 is 5.11 Å². The van der Waals surface area contributed by atoms with Crippen LogP contribution in [0, 0.1) is 0 Å². The quantitative estimate of drug-likeness (QED) is 0.193. The molecule has 1 aliphatic heterocycles. The number of carboxylic acid groups (broad SMARTS) is 1. The Bertz CT molecular complexity index is 509. The van der Waals surface area contributed by atoms with Crippen LogP contribution >= 0.6 is 0 Å². The van der Waals surface area contributed by atoms with E-state index in [1.165, 1.54) is 32.1 Å². The van der Waals surface area contributed by atoms with Gasteiger partial charge in [0.15, 0.2) is 0 Å². The Balaban J connectivity index is 0.00000729. The first-order valence-electron chi connectivity index (χ1n) is 10.5. The highest BCUT2D eigenvalue weighted by Gasteiger charge is 2.47. The molecule has 0 saturated carbocycles. The largest absolute Gasteiger partial charge is 0.481 e. The molecule has 1 fully saturated rings. The molecule has 0 aromatic heterocycles. The Labute approximate surface area is 172 Å². The van der Waals surface area contributed by atoms with Gasteiger partial charge in [0.05, 0.1) is 6.42 Å². The van der Waals surface area contributed by atoms with E-state index in [9.17, 15) is 4.79 Å². The lowest BCUT2D eigenvalue weighted by Crippen LogP contribution is -2.30. The second kappa shape index (κ2) is 14.6. The number of hydrogen-bond donors (Lipinski definition) is 1. The third-order valence-electron chi connectivity index (χ3n) is 4.88. The number of rotatable bonds is 14. The van der Waals surface area contributed by atoms with Crippen LogP contribution in [-0.4, -0.2) is 22.3 Å². The molecule has 0 spiro atoms. The van der Waals surface area contributed by atoms with E-state index in [1.54, 1.807) is 0 Å². The number of hydrogen-bond acceptors (Lipinski definition) is 3. The van der Waals surface area contributed by atoms with Crippen LogP contribution in [0.25, 0.3) is 0 Å². The second-order valence-electron chi connectivity index (χ2n) is 8.12. The van der Waals surface area contributed by atoms with Crippen LogP contribution in [0.3, 0.4) is 0 Å². The molecule has 0 bridgehead atoms. The number of carbonyl (C=O) groups is 1. The molecule has 0 aliphatic carbocycles. The molecule has 0 amide bonds. The van der Waals surface area contributed by atoms with Gasteiger partial charge in [-0.15, -0.1) is 0 Å². The number of allylic oxidation sites excluding steroid dienone is 6. The molecule has 0 unspecified atom stereocenters. The van der Waals surface area contributed by atoms with Gasteiger partial charge in [0.1, 0.15) is 11.2 Å². The normalized spacial score (nSPS) is 25.1. The average molecular weight is 395 g/mol. The predicted octanol–water partition coefficient (Wildman–Crippen LogP) is 7.17. The molecular formula is C24H42O4.